The van der Waals surface area contributed by atoms with Crippen LogP contribution in [0.5, 0.6) is 0 Å². The number of rotatable bonds is 5. The van der Waals surface area contributed by atoms with Crippen molar-refractivity contribution in [3.05, 3.63) is 0 Å². The van der Waals surface area contributed by atoms with Crippen LogP contribution < -0.4 is 0 Å². The second kappa shape index (κ2) is 6.18. The highest BCUT2D eigenvalue weighted by atomic mass is 16.5. The maximum atomic E-state index is 10.8. The van der Waals surface area contributed by atoms with Crippen molar-refractivity contribution >= 4 is 5.97 Å². The summed E-state index contributed by atoms with van der Waals surface area (Å²) >= 11 is 0. The molecule has 0 bridgehead atoms. The predicted octanol–water partition coefficient (Wildman–Crippen LogP) is 0.112. The molecule has 1 rings (SSSR count). The Morgan fingerprint density at radius 3 is 2.19 bits per heavy atom. The van der Waals surface area contributed by atoms with Crippen LogP contribution in [-0.2, 0) is 9.53 Å². The van der Waals surface area contributed by atoms with Crippen molar-refractivity contribution in [2.45, 2.75) is 25.9 Å². The first-order valence-corrected chi connectivity index (χ1v) is 5.76. The molecule has 0 aromatic carbocycles. The molecule has 0 spiro atoms. The molecule has 0 aromatic rings. The van der Waals surface area contributed by atoms with Crippen molar-refractivity contribution in [1.82, 2.24) is 9.80 Å². The summed E-state index contributed by atoms with van der Waals surface area (Å²) in [5.41, 5.74) is 0. The van der Waals surface area contributed by atoms with Crippen molar-refractivity contribution in [2.75, 3.05) is 39.9 Å². The van der Waals surface area contributed by atoms with Gasteiger partial charge in [0.05, 0.1) is 6.61 Å². The van der Waals surface area contributed by atoms with E-state index >= 15 is 0 Å². The van der Waals surface area contributed by atoms with Crippen LogP contribution >= 0.6 is 0 Å². The number of hydrogen-bond donors (Lipinski definition) is 1. The first-order chi connectivity index (χ1) is 7.56. The monoisotopic (exact) mass is 230 g/mol. The number of hydrogen-bond acceptors (Lipinski definition) is 4. The molecule has 5 nitrogen and oxygen atoms in total. The lowest BCUT2D eigenvalue weighted by Crippen LogP contribution is -2.54. The van der Waals surface area contributed by atoms with Crippen molar-refractivity contribution in [3.8, 4) is 0 Å². The molecule has 1 N–H and O–H groups in total. The minimum absolute atomic E-state index is 0.375. The van der Waals surface area contributed by atoms with Gasteiger partial charge in [0.1, 0.15) is 6.04 Å². The first kappa shape index (κ1) is 13.4. The Labute approximate surface area is 97.0 Å². The third-order valence-electron chi connectivity index (χ3n) is 3.29. The fourth-order valence-electron chi connectivity index (χ4n) is 2.07. The van der Waals surface area contributed by atoms with Crippen LogP contribution in [0.3, 0.4) is 0 Å². The van der Waals surface area contributed by atoms with Gasteiger partial charge in [0.15, 0.2) is 0 Å². The van der Waals surface area contributed by atoms with Gasteiger partial charge in [-0.15, -0.1) is 0 Å². The Balaban J connectivity index is 2.36. The lowest BCUT2D eigenvalue weighted by molar-refractivity contribution is -0.143. The second-order valence-corrected chi connectivity index (χ2v) is 4.39. The zero-order valence-electron chi connectivity index (χ0n) is 10.3. The van der Waals surface area contributed by atoms with Crippen LogP contribution in [0.15, 0.2) is 0 Å². The van der Waals surface area contributed by atoms with Crippen molar-refractivity contribution < 1.29 is 14.6 Å². The number of methoxy groups -OCH3 is 1. The summed E-state index contributed by atoms with van der Waals surface area (Å²) in [6, 6.07) is 0.0344. The molecule has 2 atom stereocenters. The summed E-state index contributed by atoms with van der Waals surface area (Å²) in [7, 11) is 1.71. The molecular formula is C11H22N2O3. The average molecular weight is 230 g/mol. The maximum absolute atomic E-state index is 10.8. The number of ether oxygens (including phenoxy) is 1. The molecule has 2 unspecified atom stereocenters. The van der Waals surface area contributed by atoms with Crippen molar-refractivity contribution in [3.63, 3.8) is 0 Å². The van der Waals surface area contributed by atoms with Gasteiger partial charge >= 0.3 is 5.97 Å². The summed E-state index contributed by atoms with van der Waals surface area (Å²) < 4.78 is 5.12. The normalized spacial score (nSPS) is 22.9. The van der Waals surface area contributed by atoms with Gasteiger partial charge in [-0.3, -0.25) is 14.6 Å². The van der Waals surface area contributed by atoms with Gasteiger partial charge in [-0.05, 0) is 13.8 Å². The van der Waals surface area contributed by atoms with Crippen molar-refractivity contribution in [1.29, 1.82) is 0 Å². The fraction of sp³-hybridized carbons (Fsp3) is 0.909. The molecule has 94 valence electrons. The SMILES string of the molecule is COCC(C)N1CCN(C(C)C(=O)O)CC1. The summed E-state index contributed by atoms with van der Waals surface area (Å²) in [5, 5.41) is 8.92. The highest BCUT2D eigenvalue weighted by Crippen LogP contribution is 2.09. The fourth-order valence-corrected chi connectivity index (χ4v) is 2.07. The molecule has 1 heterocycles. The Bertz CT molecular complexity index is 227. The zero-order chi connectivity index (χ0) is 12.1. The number of aliphatic carboxylic acids is 1. The molecule has 16 heavy (non-hydrogen) atoms. The summed E-state index contributed by atoms with van der Waals surface area (Å²) in [4.78, 5) is 15.2. The Hall–Kier alpha value is -0.650. The quantitative estimate of drug-likeness (QED) is 0.726. The molecule has 1 fully saturated rings. The smallest absolute Gasteiger partial charge is 0.320 e. The van der Waals surface area contributed by atoms with E-state index in [-0.39, 0.29) is 6.04 Å². The van der Waals surface area contributed by atoms with Crippen LogP contribution in [0.2, 0.25) is 0 Å². The van der Waals surface area contributed by atoms with Gasteiger partial charge in [-0.1, -0.05) is 0 Å². The van der Waals surface area contributed by atoms with E-state index in [0.29, 0.717) is 6.04 Å². The van der Waals surface area contributed by atoms with E-state index < -0.39 is 5.97 Å². The molecule has 0 aliphatic carbocycles. The lowest BCUT2D eigenvalue weighted by atomic mass is 10.2. The van der Waals surface area contributed by atoms with E-state index in [2.05, 4.69) is 11.8 Å². The molecule has 0 aromatic heterocycles. The highest BCUT2D eigenvalue weighted by Gasteiger charge is 2.26. The largest absolute Gasteiger partial charge is 0.480 e. The maximum Gasteiger partial charge on any atom is 0.320 e. The third-order valence-corrected chi connectivity index (χ3v) is 3.29. The first-order valence-electron chi connectivity index (χ1n) is 5.76. The molecule has 0 saturated carbocycles. The van der Waals surface area contributed by atoms with E-state index in [9.17, 15) is 4.79 Å². The molecule has 1 saturated heterocycles. The molecule has 5 heteroatoms. The molecular weight excluding hydrogens is 208 g/mol. The van der Waals surface area contributed by atoms with Crippen LogP contribution in [0.25, 0.3) is 0 Å². The van der Waals surface area contributed by atoms with Crippen LogP contribution in [0, 0.1) is 0 Å². The lowest BCUT2D eigenvalue weighted by Gasteiger charge is -2.39. The molecule has 1 aliphatic rings. The molecule has 1 aliphatic heterocycles. The topological polar surface area (TPSA) is 53.0 Å². The van der Waals surface area contributed by atoms with Gasteiger partial charge in [0.2, 0.25) is 0 Å². The van der Waals surface area contributed by atoms with Gasteiger partial charge in [0.25, 0.3) is 0 Å². The average Bonchev–Trinajstić information content (AvgIpc) is 2.28. The van der Waals surface area contributed by atoms with Crippen molar-refractivity contribution in [2.24, 2.45) is 0 Å². The van der Waals surface area contributed by atoms with Gasteiger partial charge in [-0.25, -0.2) is 0 Å². The summed E-state index contributed by atoms with van der Waals surface area (Å²) in [5.74, 6) is -0.738. The van der Waals surface area contributed by atoms with Gasteiger partial charge in [-0.2, -0.15) is 0 Å². The summed E-state index contributed by atoms with van der Waals surface area (Å²) in [6.07, 6.45) is 0. The number of piperazine rings is 1. The van der Waals surface area contributed by atoms with Crippen LogP contribution in [0.4, 0.5) is 0 Å². The Kier molecular flexibility index (Phi) is 5.18. The van der Waals surface area contributed by atoms with E-state index in [1.807, 2.05) is 4.90 Å². The predicted molar refractivity (Wildman–Crippen MR) is 61.6 cm³/mol. The van der Waals surface area contributed by atoms with E-state index in [0.717, 1.165) is 32.8 Å². The van der Waals surface area contributed by atoms with Gasteiger partial charge in [0, 0.05) is 39.3 Å². The molecule has 0 radical (unpaired) electrons. The number of carbonyl (C=O) groups is 1. The van der Waals surface area contributed by atoms with E-state index in [4.69, 9.17) is 9.84 Å². The second-order valence-electron chi connectivity index (χ2n) is 4.39. The Morgan fingerprint density at radius 1 is 1.25 bits per heavy atom. The van der Waals surface area contributed by atoms with Crippen LogP contribution in [-0.4, -0.2) is 72.9 Å². The minimum atomic E-state index is -0.738. The van der Waals surface area contributed by atoms with Crippen LogP contribution in [0.1, 0.15) is 13.8 Å². The van der Waals surface area contributed by atoms with Gasteiger partial charge < -0.3 is 9.84 Å². The third kappa shape index (κ3) is 3.43. The number of nitrogens with zero attached hydrogens (tertiary/aromatic N) is 2. The highest BCUT2D eigenvalue weighted by molar-refractivity contribution is 5.72. The zero-order valence-corrected chi connectivity index (χ0v) is 10.3. The van der Waals surface area contributed by atoms with E-state index in [1.165, 1.54) is 0 Å². The minimum Gasteiger partial charge on any atom is -0.480 e. The van der Waals surface area contributed by atoms with E-state index in [1.54, 1.807) is 14.0 Å². The number of carboxylic acid groups (broad SMARTS) is 1. The number of carboxylic acids is 1. The Morgan fingerprint density at radius 2 is 1.75 bits per heavy atom. The summed E-state index contributed by atoms with van der Waals surface area (Å²) in [6.45, 7) is 8.10. The standard InChI is InChI=1S/C11H22N2O3/c1-9(8-16-3)12-4-6-13(7-5-12)10(2)11(14)15/h9-10H,4-8H2,1-3H3,(H,14,15). The molecule has 0 amide bonds.